The van der Waals surface area contributed by atoms with E-state index in [-0.39, 0.29) is 18.5 Å². The molecule has 2 N–H and O–H groups in total. The van der Waals surface area contributed by atoms with Gasteiger partial charge >= 0.3 is 0 Å². The fourth-order valence-electron chi connectivity index (χ4n) is 3.34. The highest BCUT2D eigenvalue weighted by Gasteiger charge is 2.43. The van der Waals surface area contributed by atoms with Crippen molar-refractivity contribution in [1.29, 1.82) is 0 Å². The minimum Gasteiger partial charge on any atom is -0.344 e. The predicted octanol–water partition coefficient (Wildman–Crippen LogP) is 1.71. The molecule has 8 nitrogen and oxygen atoms in total. The van der Waals surface area contributed by atoms with Crippen molar-refractivity contribution in [2.45, 2.75) is 24.6 Å². The quantitative estimate of drug-likeness (QED) is 0.469. The molecular weight excluding hydrogens is 394 g/mol. The molecule has 154 valence electrons. The molecular formula is C20H23N3O5S. The number of nitrogens with one attached hydrogen (secondary N) is 1. The zero-order valence-corrected chi connectivity index (χ0v) is 17.2. The number of hydrogen-bond donors (Lipinski definition) is 2. The fourth-order valence-corrected chi connectivity index (χ4v) is 4.18. The van der Waals surface area contributed by atoms with E-state index >= 15 is 0 Å². The lowest BCUT2D eigenvalue weighted by Gasteiger charge is -2.25. The lowest BCUT2D eigenvalue weighted by molar-refractivity contribution is -0.131. The van der Waals surface area contributed by atoms with E-state index in [1.807, 2.05) is 41.9 Å². The lowest BCUT2D eigenvalue weighted by Crippen LogP contribution is -2.49. The Morgan fingerprint density at radius 3 is 2.48 bits per heavy atom. The number of nitrogens with zero attached hydrogens (tertiary/aromatic N) is 2. The summed E-state index contributed by atoms with van der Waals surface area (Å²) in [6.45, 7) is 1.23. The van der Waals surface area contributed by atoms with Crippen LogP contribution in [0.4, 0.5) is 0 Å². The van der Waals surface area contributed by atoms with Crippen LogP contribution < -0.4 is 11.0 Å². The first-order valence-corrected chi connectivity index (χ1v) is 10.9. The van der Waals surface area contributed by atoms with Gasteiger partial charge in [-0.05, 0) is 31.5 Å². The maximum Gasteiger partial charge on any atom is 0.264 e. The van der Waals surface area contributed by atoms with Crippen molar-refractivity contribution in [3.05, 3.63) is 59.0 Å². The second kappa shape index (κ2) is 7.49. The molecule has 3 rings (SSSR count). The third-order valence-electron chi connectivity index (χ3n) is 5.47. The topological polar surface area (TPSA) is 110 Å². The first-order valence-electron chi connectivity index (χ1n) is 8.98. The van der Waals surface area contributed by atoms with Gasteiger partial charge in [-0.25, -0.2) is 13.9 Å². The Kier molecular flexibility index (Phi) is 5.38. The fraction of sp³-hybridized carbons (Fsp3) is 0.300. The van der Waals surface area contributed by atoms with E-state index in [0.717, 1.165) is 28.4 Å². The number of carbonyl (C=O) groups excluding carboxylic acids is 1. The van der Waals surface area contributed by atoms with Crippen LogP contribution in [0.2, 0.25) is 0 Å². The molecule has 2 heterocycles. The molecule has 0 aliphatic carbocycles. The van der Waals surface area contributed by atoms with Crippen LogP contribution in [0.25, 0.3) is 22.2 Å². The molecule has 0 saturated carbocycles. The van der Waals surface area contributed by atoms with Crippen LogP contribution >= 0.6 is 0 Å². The zero-order chi connectivity index (χ0) is 21.4. The van der Waals surface area contributed by atoms with Crippen molar-refractivity contribution in [2.75, 3.05) is 6.26 Å². The molecule has 3 aromatic rings. The second-order valence-corrected chi connectivity index (χ2v) is 9.73. The average molecular weight is 417 g/mol. The highest BCUT2D eigenvalue weighted by atomic mass is 32.2. The van der Waals surface area contributed by atoms with Gasteiger partial charge in [0.25, 0.3) is 11.5 Å². The maximum absolute atomic E-state index is 12.6. The Morgan fingerprint density at radius 1 is 1.21 bits per heavy atom. The van der Waals surface area contributed by atoms with Crippen molar-refractivity contribution in [3.63, 3.8) is 0 Å². The van der Waals surface area contributed by atoms with Crippen molar-refractivity contribution in [1.82, 2.24) is 14.6 Å². The van der Waals surface area contributed by atoms with Crippen molar-refractivity contribution in [3.8, 4) is 11.3 Å². The molecule has 0 aliphatic rings. The van der Waals surface area contributed by atoms with Crippen LogP contribution in [-0.2, 0) is 28.2 Å². The van der Waals surface area contributed by atoms with Crippen LogP contribution in [-0.4, -0.2) is 39.7 Å². The molecule has 0 fully saturated rings. The largest absolute Gasteiger partial charge is 0.344 e. The van der Waals surface area contributed by atoms with Gasteiger partial charge in [-0.1, -0.05) is 18.2 Å². The number of pyridine rings is 1. The van der Waals surface area contributed by atoms with Crippen LogP contribution in [0, 0.1) is 0 Å². The first kappa shape index (κ1) is 20.8. The third kappa shape index (κ3) is 3.70. The first-order chi connectivity index (χ1) is 13.6. The summed E-state index contributed by atoms with van der Waals surface area (Å²) in [5.41, 5.74) is 3.76. The van der Waals surface area contributed by atoms with Gasteiger partial charge in [0, 0.05) is 54.3 Å². The van der Waals surface area contributed by atoms with Crippen molar-refractivity contribution >= 4 is 26.6 Å². The van der Waals surface area contributed by atoms with Gasteiger partial charge in [-0.3, -0.25) is 14.8 Å². The molecule has 2 aromatic heterocycles. The van der Waals surface area contributed by atoms with Gasteiger partial charge in [-0.15, -0.1) is 0 Å². The van der Waals surface area contributed by atoms with E-state index < -0.39 is 20.5 Å². The summed E-state index contributed by atoms with van der Waals surface area (Å²) < 4.78 is 25.6. The molecule has 1 amide bonds. The predicted molar refractivity (Wildman–Crippen MR) is 110 cm³/mol. The van der Waals surface area contributed by atoms with Gasteiger partial charge in [0.1, 0.15) is 0 Å². The number of hydrogen-bond acceptors (Lipinski definition) is 5. The summed E-state index contributed by atoms with van der Waals surface area (Å²) in [6.07, 6.45) is 2.34. The Labute approximate surface area is 168 Å². The maximum atomic E-state index is 12.6. The number of hydroxylamine groups is 1. The molecule has 1 atom stereocenters. The van der Waals surface area contributed by atoms with Crippen molar-refractivity contribution in [2.24, 2.45) is 7.05 Å². The Morgan fingerprint density at radius 2 is 1.90 bits per heavy atom. The highest BCUT2D eigenvalue weighted by Crippen LogP contribution is 2.26. The monoisotopic (exact) mass is 417 g/mol. The highest BCUT2D eigenvalue weighted by molar-refractivity contribution is 7.92. The van der Waals surface area contributed by atoms with Gasteiger partial charge in [-0.2, -0.15) is 0 Å². The molecule has 9 heteroatoms. The van der Waals surface area contributed by atoms with E-state index in [4.69, 9.17) is 5.21 Å². The number of aryl methyl sites for hydroxylation is 2. The molecule has 1 unspecified atom stereocenters. The number of sulfone groups is 1. The van der Waals surface area contributed by atoms with Gasteiger partial charge < -0.3 is 9.13 Å². The minimum absolute atomic E-state index is 0.00517. The Hall–Kier alpha value is -2.91. The third-order valence-corrected chi connectivity index (χ3v) is 7.50. The SMILES string of the molecule is Cn1c(-c2ccn(CCC(C)(C(=O)NO)S(C)(=O)=O)c(=O)c2)cc2ccccc21. The van der Waals surface area contributed by atoms with Crippen molar-refractivity contribution < 1.29 is 18.4 Å². The van der Waals surface area contributed by atoms with E-state index in [1.165, 1.54) is 23.0 Å². The van der Waals surface area contributed by atoms with Crippen LogP contribution in [0.1, 0.15) is 13.3 Å². The summed E-state index contributed by atoms with van der Waals surface area (Å²) in [5, 5.41) is 9.96. The molecule has 0 spiro atoms. The van der Waals surface area contributed by atoms with Crippen LogP contribution in [0.15, 0.2) is 53.5 Å². The number of para-hydroxylation sites is 1. The molecule has 0 bridgehead atoms. The number of fused-ring (bicyclic) bond motifs is 1. The molecule has 29 heavy (non-hydrogen) atoms. The molecule has 0 saturated heterocycles. The molecule has 1 aromatic carbocycles. The standard InChI is InChI=1S/C20H23N3O5S/c1-20(19(25)21-26,29(3,27)28)9-11-23-10-8-15(13-18(23)24)17-12-14-6-4-5-7-16(14)22(17)2/h4-8,10,12-13,26H,9,11H2,1-3H3,(H,21,25). The lowest BCUT2D eigenvalue weighted by atomic mass is 10.1. The Balaban J connectivity index is 1.91. The average Bonchev–Trinajstić information content (AvgIpc) is 3.02. The van der Waals surface area contributed by atoms with Crippen LogP contribution in [0.3, 0.4) is 0 Å². The van der Waals surface area contributed by atoms with Gasteiger partial charge in [0.05, 0.1) is 0 Å². The molecule has 0 radical (unpaired) electrons. The number of benzene rings is 1. The van der Waals surface area contributed by atoms with E-state index in [2.05, 4.69) is 0 Å². The number of carbonyl (C=O) groups is 1. The summed E-state index contributed by atoms with van der Waals surface area (Å²) in [7, 11) is -1.90. The van der Waals surface area contributed by atoms with E-state index in [0.29, 0.717) is 0 Å². The van der Waals surface area contributed by atoms with E-state index in [1.54, 1.807) is 12.3 Å². The summed E-state index contributed by atoms with van der Waals surface area (Å²) >= 11 is 0. The summed E-state index contributed by atoms with van der Waals surface area (Å²) in [4.78, 5) is 24.5. The Bertz CT molecular complexity index is 1240. The summed E-state index contributed by atoms with van der Waals surface area (Å²) in [5.74, 6) is -1.03. The van der Waals surface area contributed by atoms with Gasteiger partial charge in [0.15, 0.2) is 14.6 Å². The van der Waals surface area contributed by atoms with Gasteiger partial charge in [0.2, 0.25) is 0 Å². The number of rotatable bonds is 6. The smallest absolute Gasteiger partial charge is 0.264 e. The molecule has 0 aliphatic heterocycles. The second-order valence-electron chi connectivity index (χ2n) is 7.29. The summed E-state index contributed by atoms with van der Waals surface area (Å²) in [6, 6.07) is 13.2. The normalized spacial score (nSPS) is 13.9. The number of aromatic nitrogens is 2. The van der Waals surface area contributed by atoms with Crippen LogP contribution in [0.5, 0.6) is 0 Å². The number of amides is 1. The van der Waals surface area contributed by atoms with E-state index in [9.17, 15) is 18.0 Å². The minimum atomic E-state index is -3.82. The zero-order valence-electron chi connectivity index (χ0n) is 16.4.